The van der Waals surface area contributed by atoms with Crippen molar-refractivity contribution in [2.24, 2.45) is 0 Å². The van der Waals surface area contributed by atoms with Crippen molar-refractivity contribution >= 4 is 0 Å². The van der Waals surface area contributed by atoms with Crippen LogP contribution in [-0.4, -0.2) is 43.3 Å². The molecule has 20 heavy (non-hydrogen) atoms. The molecule has 1 aromatic carbocycles. The lowest BCUT2D eigenvalue weighted by atomic mass is 10.1. The molecule has 0 aromatic heterocycles. The molecule has 3 nitrogen and oxygen atoms in total. The van der Waals surface area contributed by atoms with Crippen LogP contribution < -0.4 is 5.32 Å². The second-order valence-corrected chi connectivity index (χ2v) is 4.86. The Balaban J connectivity index is 2.57. The van der Waals surface area contributed by atoms with E-state index >= 15 is 0 Å². The number of hydrogen-bond acceptors (Lipinski definition) is 3. The van der Waals surface area contributed by atoms with Crippen molar-refractivity contribution in [1.82, 2.24) is 10.2 Å². The standard InChI is InChI=1S/C13H18F4N2O/c1-19(2)8-10(20)7-18-6-9-3-4-12(14)11(5-9)13(15,16)17/h3-5,10,18,20H,6-8H2,1-2H3. The van der Waals surface area contributed by atoms with Gasteiger partial charge in [0.1, 0.15) is 5.82 Å². The van der Waals surface area contributed by atoms with Gasteiger partial charge in [0.2, 0.25) is 0 Å². The van der Waals surface area contributed by atoms with Crippen LogP contribution in [0.2, 0.25) is 0 Å². The zero-order valence-corrected chi connectivity index (χ0v) is 11.3. The van der Waals surface area contributed by atoms with Crippen molar-refractivity contribution in [2.45, 2.75) is 18.8 Å². The molecule has 1 rings (SSSR count). The van der Waals surface area contributed by atoms with Gasteiger partial charge in [-0.05, 0) is 31.8 Å². The van der Waals surface area contributed by atoms with Crippen LogP contribution in [0, 0.1) is 5.82 Å². The van der Waals surface area contributed by atoms with Crippen molar-refractivity contribution in [3.63, 3.8) is 0 Å². The van der Waals surface area contributed by atoms with Crippen LogP contribution in [-0.2, 0) is 12.7 Å². The lowest BCUT2D eigenvalue weighted by molar-refractivity contribution is -0.140. The van der Waals surface area contributed by atoms with E-state index in [-0.39, 0.29) is 13.1 Å². The highest BCUT2D eigenvalue weighted by molar-refractivity contribution is 5.27. The number of benzene rings is 1. The van der Waals surface area contributed by atoms with E-state index in [2.05, 4.69) is 5.32 Å². The van der Waals surface area contributed by atoms with Gasteiger partial charge in [-0.2, -0.15) is 13.2 Å². The molecule has 1 aromatic rings. The number of nitrogens with zero attached hydrogens (tertiary/aromatic N) is 1. The Morgan fingerprint density at radius 2 is 1.95 bits per heavy atom. The van der Waals surface area contributed by atoms with Gasteiger partial charge in [-0.15, -0.1) is 0 Å². The summed E-state index contributed by atoms with van der Waals surface area (Å²) in [5.74, 6) is -1.28. The van der Waals surface area contributed by atoms with Crippen LogP contribution in [0.4, 0.5) is 17.6 Å². The molecule has 0 aliphatic rings. The zero-order chi connectivity index (χ0) is 15.3. The maximum absolute atomic E-state index is 13.1. The molecule has 1 atom stereocenters. The molecule has 0 aliphatic carbocycles. The van der Waals surface area contributed by atoms with Gasteiger partial charge in [0.05, 0.1) is 11.7 Å². The Labute approximate surface area is 115 Å². The fourth-order valence-corrected chi connectivity index (χ4v) is 1.77. The Morgan fingerprint density at radius 1 is 1.30 bits per heavy atom. The van der Waals surface area contributed by atoms with Gasteiger partial charge >= 0.3 is 6.18 Å². The van der Waals surface area contributed by atoms with Gasteiger partial charge in [0.25, 0.3) is 0 Å². The first-order valence-electron chi connectivity index (χ1n) is 6.09. The number of hydrogen-bond donors (Lipinski definition) is 2. The van der Waals surface area contributed by atoms with E-state index in [9.17, 15) is 22.7 Å². The first-order chi connectivity index (χ1) is 9.20. The minimum atomic E-state index is -4.70. The van der Waals surface area contributed by atoms with Crippen LogP contribution in [0.3, 0.4) is 0 Å². The van der Waals surface area contributed by atoms with E-state index in [4.69, 9.17) is 0 Å². The molecule has 1 unspecified atom stereocenters. The van der Waals surface area contributed by atoms with Gasteiger partial charge < -0.3 is 15.3 Å². The molecule has 0 saturated carbocycles. The maximum Gasteiger partial charge on any atom is 0.419 e. The number of halogens is 4. The average Bonchev–Trinajstić information content (AvgIpc) is 2.28. The molecule has 0 saturated heterocycles. The Hall–Kier alpha value is -1.18. The summed E-state index contributed by atoms with van der Waals surface area (Å²) >= 11 is 0. The van der Waals surface area contributed by atoms with Gasteiger partial charge in [0, 0.05) is 19.6 Å². The lowest BCUT2D eigenvalue weighted by Crippen LogP contribution is -2.34. The smallest absolute Gasteiger partial charge is 0.390 e. The molecule has 114 valence electrons. The quantitative estimate of drug-likeness (QED) is 0.786. The van der Waals surface area contributed by atoms with Crippen molar-refractivity contribution in [3.8, 4) is 0 Å². The molecule has 2 N–H and O–H groups in total. The van der Waals surface area contributed by atoms with E-state index < -0.39 is 23.7 Å². The largest absolute Gasteiger partial charge is 0.419 e. The van der Waals surface area contributed by atoms with Gasteiger partial charge in [-0.1, -0.05) is 6.07 Å². The molecule has 0 radical (unpaired) electrons. The normalized spacial score (nSPS) is 13.8. The second kappa shape index (κ2) is 7.01. The SMILES string of the molecule is CN(C)CC(O)CNCc1ccc(F)c(C(F)(F)F)c1. The summed E-state index contributed by atoms with van der Waals surface area (Å²) < 4.78 is 50.6. The molecular formula is C13H18F4N2O. The van der Waals surface area contributed by atoms with Gasteiger partial charge in [0.15, 0.2) is 0 Å². The summed E-state index contributed by atoms with van der Waals surface area (Å²) in [4.78, 5) is 1.80. The third kappa shape index (κ3) is 5.44. The van der Waals surface area contributed by atoms with Gasteiger partial charge in [-0.3, -0.25) is 0 Å². The number of rotatable bonds is 6. The highest BCUT2D eigenvalue weighted by Gasteiger charge is 2.34. The molecule has 0 amide bonds. The topological polar surface area (TPSA) is 35.5 Å². The van der Waals surface area contributed by atoms with E-state index in [1.165, 1.54) is 6.07 Å². The minimum Gasteiger partial charge on any atom is -0.390 e. The Bertz CT molecular complexity index is 435. The number of alkyl halides is 3. The molecule has 0 aliphatic heterocycles. The summed E-state index contributed by atoms with van der Waals surface area (Å²) in [5, 5.41) is 12.4. The van der Waals surface area contributed by atoms with Crippen LogP contribution in [0.1, 0.15) is 11.1 Å². The molecular weight excluding hydrogens is 276 g/mol. The molecule has 0 bridgehead atoms. The molecule has 7 heteroatoms. The van der Waals surface area contributed by atoms with Crippen LogP contribution in [0.15, 0.2) is 18.2 Å². The first kappa shape index (κ1) is 16.9. The summed E-state index contributed by atoms with van der Waals surface area (Å²) in [6.45, 7) is 0.828. The van der Waals surface area contributed by atoms with E-state index in [1.807, 2.05) is 0 Å². The van der Waals surface area contributed by atoms with Crippen molar-refractivity contribution in [1.29, 1.82) is 0 Å². The fraction of sp³-hybridized carbons (Fsp3) is 0.538. The highest BCUT2D eigenvalue weighted by Crippen LogP contribution is 2.31. The lowest BCUT2D eigenvalue weighted by Gasteiger charge is -2.16. The highest BCUT2D eigenvalue weighted by atomic mass is 19.4. The number of aliphatic hydroxyl groups is 1. The van der Waals surface area contributed by atoms with Crippen molar-refractivity contribution in [3.05, 3.63) is 35.1 Å². The summed E-state index contributed by atoms with van der Waals surface area (Å²) in [5.41, 5.74) is -0.957. The Morgan fingerprint density at radius 3 is 2.50 bits per heavy atom. The number of likely N-dealkylation sites (N-methyl/N-ethyl adjacent to an activating group) is 1. The van der Waals surface area contributed by atoms with Crippen LogP contribution in [0.25, 0.3) is 0 Å². The number of aliphatic hydroxyl groups excluding tert-OH is 1. The van der Waals surface area contributed by atoms with Crippen molar-refractivity contribution < 1.29 is 22.7 Å². The third-order valence-electron chi connectivity index (χ3n) is 2.62. The fourth-order valence-electron chi connectivity index (χ4n) is 1.77. The Kier molecular flexibility index (Phi) is 5.91. The van der Waals surface area contributed by atoms with Crippen LogP contribution >= 0.6 is 0 Å². The van der Waals surface area contributed by atoms with Gasteiger partial charge in [-0.25, -0.2) is 4.39 Å². The maximum atomic E-state index is 13.1. The number of nitrogens with one attached hydrogen (secondary N) is 1. The molecule has 0 spiro atoms. The summed E-state index contributed by atoms with van der Waals surface area (Å²) in [6.07, 6.45) is -5.32. The predicted molar refractivity (Wildman–Crippen MR) is 67.7 cm³/mol. The molecule has 0 fully saturated rings. The van der Waals surface area contributed by atoms with E-state index in [1.54, 1.807) is 19.0 Å². The zero-order valence-electron chi connectivity index (χ0n) is 11.3. The monoisotopic (exact) mass is 294 g/mol. The summed E-state index contributed by atoms with van der Waals surface area (Å²) in [7, 11) is 3.61. The third-order valence-corrected chi connectivity index (χ3v) is 2.62. The predicted octanol–water partition coefficient (Wildman–Crippen LogP) is 1.86. The minimum absolute atomic E-state index is 0.133. The van der Waals surface area contributed by atoms with E-state index in [0.717, 1.165) is 12.1 Å². The average molecular weight is 294 g/mol. The van der Waals surface area contributed by atoms with Crippen molar-refractivity contribution in [2.75, 3.05) is 27.2 Å². The van der Waals surface area contributed by atoms with E-state index in [0.29, 0.717) is 12.1 Å². The summed E-state index contributed by atoms with van der Waals surface area (Å²) in [6, 6.07) is 2.87. The first-order valence-corrected chi connectivity index (χ1v) is 6.09. The van der Waals surface area contributed by atoms with Crippen LogP contribution in [0.5, 0.6) is 0 Å². The molecule has 0 heterocycles. The second-order valence-electron chi connectivity index (χ2n) is 4.86.